The number of rotatable bonds is 4. The van der Waals surface area contributed by atoms with Crippen LogP contribution in [0.1, 0.15) is 23.6 Å². The first-order chi connectivity index (χ1) is 17.0. The third kappa shape index (κ3) is 4.40. The van der Waals surface area contributed by atoms with Crippen molar-refractivity contribution >= 4 is 33.3 Å². The molecule has 14 heteroatoms. The van der Waals surface area contributed by atoms with Crippen molar-refractivity contribution in [2.45, 2.75) is 39.5 Å². The molecule has 9 nitrogen and oxygen atoms in total. The van der Waals surface area contributed by atoms with Crippen molar-refractivity contribution in [3.8, 4) is 11.5 Å². The minimum Gasteiger partial charge on any atom is -0.358 e. The van der Waals surface area contributed by atoms with Crippen molar-refractivity contribution in [1.29, 1.82) is 0 Å². The first-order valence-electron chi connectivity index (χ1n) is 11.2. The number of benzene rings is 1. The zero-order chi connectivity index (χ0) is 25.8. The smallest absolute Gasteiger partial charge is 0.358 e. The lowest BCUT2D eigenvalue weighted by atomic mass is 10.2. The van der Waals surface area contributed by atoms with Crippen LogP contribution in [0.25, 0.3) is 22.6 Å². The zero-order valence-corrected chi connectivity index (χ0v) is 20.4. The van der Waals surface area contributed by atoms with Gasteiger partial charge in [0.25, 0.3) is 0 Å². The molecular weight excluding hydrogens is 500 g/mol. The summed E-state index contributed by atoms with van der Waals surface area (Å²) in [6, 6.07) is 4.03. The van der Waals surface area contributed by atoms with E-state index in [2.05, 4.69) is 25.0 Å². The Bertz CT molecular complexity index is 1440. The number of aromatic nitrogens is 6. The maximum atomic E-state index is 14.2. The predicted molar refractivity (Wildman–Crippen MR) is 125 cm³/mol. The van der Waals surface area contributed by atoms with Gasteiger partial charge in [-0.1, -0.05) is 17.4 Å². The van der Waals surface area contributed by atoms with Crippen molar-refractivity contribution in [3.05, 3.63) is 40.7 Å². The molecule has 1 saturated heterocycles. The zero-order valence-electron chi connectivity index (χ0n) is 19.6. The van der Waals surface area contributed by atoms with Crippen molar-refractivity contribution in [2.24, 2.45) is 0 Å². The number of fused-ring (bicyclic) bond motifs is 1. The molecule has 5 rings (SSSR count). The Hall–Kier alpha value is -3.55. The molecule has 0 unspecified atom stereocenters. The Morgan fingerprint density at radius 1 is 1.19 bits per heavy atom. The average Bonchev–Trinajstić information content (AvgIpc) is 3.50. The summed E-state index contributed by atoms with van der Waals surface area (Å²) >= 11 is 0.511. The van der Waals surface area contributed by atoms with Gasteiger partial charge in [0.2, 0.25) is 10.9 Å². The number of para-hydroxylation sites is 1. The second-order valence-electron chi connectivity index (χ2n) is 8.64. The number of carbonyl (C=O) groups is 1. The molecule has 0 radical (unpaired) electrons. The molecule has 1 N–H and O–H groups in total. The molecule has 1 fully saturated rings. The number of alkyl halides is 3. The molecular formula is C22H22F4N8OS. The van der Waals surface area contributed by atoms with Crippen molar-refractivity contribution in [1.82, 2.24) is 34.6 Å². The number of imidazole rings is 1. The average molecular weight is 523 g/mol. The maximum absolute atomic E-state index is 14.2. The summed E-state index contributed by atoms with van der Waals surface area (Å²) in [5.74, 6) is 0.523. The highest BCUT2D eigenvalue weighted by molar-refractivity contribution is 7.16. The Morgan fingerprint density at radius 3 is 2.61 bits per heavy atom. The van der Waals surface area contributed by atoms with Crippen LogP contribution in [0.4, 0.5) is 22.6 Å². The number of halogens is 4. The van der Waals surface area contributed by atoms with E-state index in [1.807, 2.05) is 6.92 Å². The van der Waals surface area contributed by atoms with Crippen LogP contribution in [-0.4, -0.2) is 66.2 Å². The van der Waals surface area contributed by atoms with Crippen LogP contribution in [0.3, 0.4) is 0 Å². The number of nitrogens with one attached hydrogen (secondary N) is 1. The van der Waals surface area contributed by atoms with Gasteiger partial charge < -0.3 is 14.8 Å². The lowest BCUT2D eigenvalue weighted by Gasteiger charge is -2.40. The van der Waals surface area contributed by atoms with E-state index in [0.29, 0.717) is 48.1 Å². The number of nitrogens with zero attached hydrogens (tertiary/aromatic N) is 7. The van der Waals surface area contributed by atoms with Gasteiger partial charge in [-0.15, -0.1) is 0 Å². The summed E-state index contributed by atoms with van der Waals surface area (Å²) in [5.41, 5.74) is 0.394. The molecule has 36 heavy (non-hydrogen) atoms. The topological polar surface area (TPSA) is 95.8 Å². The van der Waals surface area contributed by atoms with E-state index >= 15 is 0 Å². The highest BCUT2D eigenvalue weighted by Crippen LogP contribution is 2.42. The number of hydrogen-bond donors (Lipinski definition) is 1. The third-order valence-electron chi connectivity index (χ3n) is 6.02. The highest BCUT2D eigenvalue weighted by Gasteiger charge is 2.39. The van der Waals surface area contributed by atoms with E-state index in [1.165, 1.54) is 16.8 Å². The number of amides is 1. The summed E-state index contributed by atoms with van der Waals surface area (Å²) < 4.78 is 56.5. The predicted octanol–water partition coefficient (Wildman–Crippen LogP) is 3.79. The molecule has 0 saturated carbocycles. The van der Waals surface area contributed by atoms with Crippen molar-refractivity contribution in [3.63, 3.8) is 0 Å². The second kappa shape index (κ2) is 8.84. The van der Waals surface area contributed by atoms with Crippen LogP contribution in [0.2, 0.25) is 0 Å². The molecule has 0 spiro atoms. The fraction of sp³-hybridized carbons (Fsp3) is 0.409. The van der Waals surface area contributed by atoms with Gasteiger partial charge in [0, 0.05) is 25.7 Å². The third-order valence-corrected chi connectivity index (χ3v) is 7.18. The summed E-state index contributed by atoms with van der Waals surface area (Å²) in [4.78, 5) is 31.5. The lowest BCUT2D eigenvalue weighted by Crippen LogP contribution is -2.54. The van der Waals surface area contributed by atoms with E-state index in [1.54, 1.807) is 29.7 Å². The molecule has 190 valence electrons. The fourth-order valence-corrected chi connectivity index (χ4v) is 5.32. The molecule has 0 aliphatic carbocycles. The van der Waals surface area contributed by atoms with Gasteiger partial charge in [-0.2, -0.15) is 18.3 Å². The van der Waals surface area contributed by atoms with E-state index in [-0.39, 0.29) is 40.5 Å². The van der Waals surface area contributed by atoms with Gasteiger partial charge in [0.1, 0.15) is 34.4 Å². The minimum atomic E-state index is -4.65. The molecule has 1 aliphatic heterocycles. The van der Waals surface area contributed by atoms with Gasteiger partial charge in [-0.25, -0.2) is 24.0 Å². The summed E-state index contributed by atoms with van der Waals surface area (Å²) in [5, 5.41) is 3.48. The number of hydrogen-bond acceptors (Lipinski definition) is 7. The summed E-state index contributed by atoms with van der Waals surface area (Å²) in [6.07, 6.45) is -4.65. The van der Waals surface area contributed by atoms with Crippen LogP contribution in [-0.2, 0) is 17.5 Å². The normalized spacial score (nSPS) is 16.8. The van der Waals surface area contributed by atoms with Crippen LogP contribution < -0.4 is 4.90 Å². The molecule has 4 aromatic rings. The number of aryl methyl sites for hydroxylation is 2. The first-order valence-corrected chi connectivity index (χ1v) is 12.0. The minimum absolute atomic E-state index is 0.00335. The van der Waals surface area contributed by atoms with Gasteiger partial charge in [-0.3, -0.25) is 4.79 Å². The first kappa shape index (κ1) is 24.2. The Labute approximate surface area is 206 Å². The number of aromatic amines is 1. The number of carbonyl (C=O) groups excluding carboxylic acids is 1. The summed E-state index contributed by atoms with van der Waals surface area (Å²) in [7, 11) is 0. The van der Waals surface area contributed by atoms with Crippen molar-refractivity contribution in [2.75, 3.05) is 24.5 Å². The molecule has 1 aromatic carbocycles. The quantitative estimate of drug-likeness (QED) is 0.410. The second-order valence-corrected chi connectivity index (χ2v) is 9.62. The Kier molecular flexibility index (Phi) is 5.93. The number of thiazole rings is 1. The van der Waals surface area contributed by atoms with E-state index in [9.17, 15) is 22.4 Å². The number of piperazine rings is 1. The van der Waals surface area contributed by atoms with Crippen LogP contribution in [0.15, 0.2) is 18.2 Å². The monoisotopic (exact) mass is 522 g/mol. The molecule has 0 bridgehead atoms. The number of H-pyrrole nitrogens is 1. The molecule has 3 aromatic heterocycles. The van der Waals surface area contributed by atoms with Crippen LogP contribution in [0.5, 0.6) is 0 Å². The molecule has 1 aliphatic rings. The Morgan fingerprint density at radius 2 is 1.97 bits per heavy atom. The van der Waals surface area contributed by atoms with Crippen LogP contribution >= 0.6 is 11.3 Å². The van der Waals surface area contributed by atoms with Gasteiger partial charge in [0.15, 0.2) is 11.6 Å². The SMILES string of the molecule is Cc1nc(C)n(CC(=O)N2CCN(c3sc(C(F)(F)F)nc3-c3nc4c(F)cccc4[nH]3)C[C@H]2C)n1. The van der Waals surface area contributed by atoms with Crippen LogP contribution in [0, 0.1) is 19.7 Å². The maximum Gasteiger partial charge on any atom is 0.443 e. The largest absolute Gasteiger partial charge is 0.443 e. The van der Waals surface area contributed by atoms with E-state index in [4.69, 9.17) is 0 Å². The lowest BCUT2D eigenvalue weighted by molar-refractivity contribution is -0.137. The summed E-state index contributed by atoms with van der Waals surface area (Å²) in [6.45, 7) is 6.28. The van der Waals surface area contributed by atoms with E-state index < -0.39 is 17.0 Å². The van der Waals surface area contributed by atoms with Crippen molar-refractivity contribution < 1.29 is 22.4 Å². The molecule has 4 heterocycles. The van der Waals surface area contributed by atoms with Gasteiger partial charge in [-0.05, 0) is 32.9 Å². The molecule has 1 amide bonds. The standard InChI is InChI=1S/C22H22F4N8OS/c1-11-9-32(7-8-33(11)16(35)10-34-13(3)27-12(2)31-34)20-18(30-21(36-20)22(24,25)26)19-28-15-6-4-5-14(23)17(15)29-19/h4-6,11H,7-10H2,1-3H3,(H,28,29)/t11-/m1/s1. The highest BCUT2D eigenvalue weighted by atomic mass is 32.1. The number of anilines is 1. The van der Waals surface area contributed by atoms with E-state index in [0.717, 1.165) is 0 Å². The fourth-order valence-electron chi connectivity index (χ4n) is 4.35. The molecule has 1 atom stereocenters. The van der Waals surface area contributed by atoms with Gasteiger partial charge in [0.05, 0.1) is 5.52 Å². The Balaban J connectivity index is 1.42. The van der Waals surface area contributed by atoms with Gasteiger partial charge >= 0.3 is 6.18 Å².